The highest BCUT2D eigenvalue weighted by atomic mass is 32.1. The molecule has 0 saturated carbocycles. The molecule has 0 bridgehead atoms. The Kier molecular flexibility index (Phi) is 4.37. The standard InChI is InChI=1S/C14H19N3OS/c1-9(2)18-13-7-10(3)15-14(17-13)16-11(4)12-5-6-19-8-12/h5-9,11H,1-4H3,(H,15,16,17). The maximum absolute atomic E-state index is 5.62. The Morgan fingerprint density at radius 1 is 1.26 bits per heavy atom. The third kappa shape index (κ3) is 3.92. The fourth-order valence-electron chi connectivity index (χ4n) is 1.70. The topological polar surface area (TPSA) is 47.0 Å². The zero-order chi connectivity index (χ0) is 13.8. The Hall–Kier alpha value is -1.62. The Morgan fingerprint density at radius 3 is 2.68 bits per heavy atom. The van der Waals surface area contributed by atoms with Crippen LogP contribution < -0.4 is 10.1 Å². The van der Waals surface area contributed by atoms with Crippen molar-refractivity contribution in [1.29, 1.82) is 0 Å². The highest BCUT2D eigenvalue weighted by Crippen LogP contribution is 2.21. The van der Waals surface area contributed by atoms with Gasteiger partial charge in [-0.1, -0.05) is 0 Å². The summed E-state index contributed by atoms with van der Waals surface area (Å²) in [5.41, 5.74) is 2.13. The third-order valence-electron chi connectivity index (χ3n) is 2.58. The number of thiophene rings is 1. The number of rotatable bonds is 5. The summed E-state index contributed by atoms with van der Waals surface area (Å²) < 4.78 is 5.62. The van der Waals surface area contributed by atoms with E-state index in [1.807, 2.05) is 26.8 Å². The number of aryl methyl sites for hydroxylation is 1. The molecular weight excluding hydrogens is 258 g/mol. The normalized spacial score (nSPS) is 12.5. The van der Waals surface area contributed by atoms with Crippen LogP contribution >= 0.6 is 11.3 Å². The van der Waals surface area contributed by atoms with Crippen LogP contribution in [0.25, 0.3) is 0 Å². The molecule has 2 aromatic heterocycles. The molecule has 0 aromatic carbocycles. The first-order valence-corrected chi connectivity index (χ1v) is 7.30. The molecule has 0 radical (unpaired) electrons. The van der Waals surface area contributed by atoms with Gasteiger partial charge in [0.25, 0.3) is 0 Å². The molecule has 0 aliphatic carbocycles. The predicted molar refractivity (Wildman–Crippen MR) is 78.9 cm³/mol. The molecule has 1 N–H and O–H groups in total. The molecule has 0 aliphatic rings. The van der Waals surface area contributed by atoms with Gasteiger partial charge in [-0.25, -0.2) is 4.98 Å². The molecule has 1 unspecified atom stereocenters. The highest BCUT2D eigenvalue weighted by Gasteiger charge is 2.10. The summed E-state index contributed by atoms with van der Waals surface area (Å²) >= 11 is 1.69. The summed E-state index contributed by atoms with van der Waals surface area (Å²) in [6, 6.07) is 4.13. The first-order chi connectivity index (χ1) is 9.04. The molecule has 2 rings (SSSR count). The minimum Gasteiger partial charge on any atom is -0.475 e. The number of ether oxygens (including phenoxy) is 1. The maximum Gasteiger partial charge on any atom is 0.226 e. The van der Waals surface area contributed by atoms with Gasteiger partial charge in [0, 0.05) is 11.8 Å². The van der Waals surface area contributed by atoms with Crippen LogP contribution in [-0.2, 0) is 0 Å². The number of nitrogens with one attached hydrogen (secondary N) is 1. The molecule has 19 heavy (non-hydrogen) atoms. The molecule has 0 amide bonds. The maximum atomic E-state index is 5.62. The number of aromatic nitrogens is 2. The third-order valence-corrected chi connectivity index (χ3v) is 3.28. The Balaban J connectivity index is 2.13. The van der Waals surface area contributed by atoms with E-state index < -0.39 is 0 Å². The lowest BCUT2D eigenvalue weighted by Gasteiger charge is -2.15. The van der Waals surface area contributed by atoms with Crippen molar-refractivity contribution in [2.75, 3.05) is 5.32 Å². The highest BCUT2D eigenvalue weighted by molar-refractivity contribution is 7.07. The van der Waals surface area contributed by atoms with Crippen molar-refractivity contribution in [2.24, 2.45) is 0 Å². The molecule has 0 fully saturated rings. The van der Waals surface area contributed by atoms with Gasteiger partial charge in [-0.05, 0) is 50.1 Å². The van der Waals surface area contributed by atoms with Crippen LogP contribution in [0.2, 0.25) is 0 Å². The monoisotopic (exact) mass is 277 g/mol. The number of nitrogens with zero attached hydrogens (tertiary/aromatic N) is 2. The van der Waals surface area contributed by atoms with E-state index in [0.717, 1.165) is 5.69 Å². The van der Waals surface area contributed by atoms with Gasteiger partial charge in [-0.2, -0.15) is 16.3 Å². The van der Waals surface area contributed by atoms with Crippen molar-refractivity contribution < 1.29 is 4.74 Å². The number of hydrogen-bond donors (Lipinski definition) is 1. The van der Waals surface area contributed by atoms with Gasteiger partial charge in [0.15, 0.2) is 0 Å². The molecular formula is C14H19N3OS. The quantitative estimate of drug-likeness (QED) is 0.903. The summed E-state index contributed by atoms with van der Waals surface area (Å²) in [6.45, 7) is 8.00. The number of anilines is 1. The van der Waals surface area contributed by atoms with E-state index in [1.54, 1.807) is 11.3 Å². The second kappa shape index (κ2) is 6.02. The van der Waals surface area contributed by atoms with Crippen molar-refractivity contribution in [2.45, 2.75) is 39.8 Å². The molecule has 2 aromatic rings. The van der Waals surface area contributed by atoms with Crippen LogP contribution in [0.1, 0.15) is 38.1 Å². The first kappa shape index (κ1) is 13.8. The van der Waals surface area contributed by atoms with E-state index >= 15 is 0 Å². The smallest absolute Gasteiger partial charge is 0.226 e. The van der Waals surface area contributed by atoms with Crippen LogP contribution in [0.5, 0.6) is 5.88 Å². The molecule has 0 spiro atoms. The minimum absolute atomic E-state index is 0.108. The lowest BCUT2D eigenvalue weighted by atomic mass is 10.2. The van der Waals surface area contributed by atoms with E-state index in [4.69, 9.17) is 4.74 Å². The van der Waals surface area contributed by atoms with Crippen LogP contribution in [0.15, 0.2) is 22.9 Å². The lowest BCUT2D eigenvalue weighted by Crippen LogP contribution is -2.12. The second-order valence-corrected chi connectivity index (χ2v) is 5.54. The first-order valence-electron chi connectivity index (χ1n) is 6.35. The van der Waals surface area contributed by atoms with Crippen LogP contribution in [0.3, 0.4) is 0 Å². The Morgan fingerprint density at radius 2 is 2.05 bits per heavy atom. The Labute approximate surface area is 117 Å². The summed E-state index contributed by atoms with van der Waals surface area (Å²) in [4.78, 5) is 8.77. The zero-order valence-electron chi connectivity index (χ0n) is 11.7. The van der Waals surface area contributed by atoms with E-state index in [9.17, 15) is 0 Å². The summed E-state index contributed by atoms with van der Waals surface area (Å²) in [7, 11) is 0. The van der Waals surface area contributed by atoms with E-state index in [1.165, 1.54) is 5.56 Å². The largest absolute Gasteiger partial charge is 0.475 e. The Bertz CT molecular complexity index is 525. The average Bonchev–Trinajstić information content (AvgIpc) is 2.79. The van der Waals surface area contributed by atoms with E-state index in [2.05, 4.69) is 39.0 Å². The molecule has 1 atom stereocenters. The molecule has 5 heteroatoms. The molecule has 102 valence electrons. The number of hydrogen-bond acceptors (Lipinski definition) is 5. The van der Waals surface area contributed by atoms with Crippen molar-refractivity contribution >= 4 is 17.3 Å². The van der Waals surface area contributed by atoms with Crippen molar-refractivity contribution in [3.8, 4) is 5.88 Å². The SMILES string of the molecule is Cc1cc(OC(C)C)nc(NC(C)c2ccsc2)n1. The van der Waals surface area contributed by atoms with Crippen LogP contribution in [0, 0.1) is 6.92 Å². The van der Waals surface area contributed by atoms with Crippen molar-refractivity contribution in [3.05, 3.63) is 34.2 Å². The van der Waals surface area contributed by atoms with Gasteiger partial charge < -0.3 is 10.1 Å². The van der Waals surface area contributed by atoms with E-state index in [0.29, 0.717) is 11.8 Å². The van der Waals surface area contributed by atoms with Crippen molar-refractivity contribution in [3.63, 3.8) is 0 Å². The molecule has 4 nitrogen and oxygen atoms in total. The lowest BCUT2D eigenvalue weighted by molar-refractivity contribution is 0.232. The van der Waals surface area contributed by atoms with Gasteiger partial charge in [0.1, 0.15) is 0 Å². The average molecular weight is 277 g/mol. The van der Waals surface area contributed by atoms with Gasteiger partial charge in [0.05, 0.1) is 12.1 Å². The van der Waals surface area contributed by atoms with Gasteiger partial charge in [-0.15, -0.1) is 0 Å². The van der Waals surface area contributed by atoms with E-state index in [-0.39, 0.29) is 12.1 Å². The van der Waals surface area contributed by atoms with Gasteiger partial charge in [0.2, 0.25) is 11.8 Å². The molecule has 2 heterocycles. The minimum atomic E-state index is 0.108. The van der Waals surface area contributed by atoms with Gasteiger partial charge >= 0.3 is 0 Å². The molecule has 0 aliphatic heterocycles. The van der Waals surface area contributed by atoms with Crippen LogP contribution in [-0.4, -0.2) is 16.1 Å². The second-order valence-electron chi connectivity index (χ2n) is 4.76. The van der Waals surface area contributed by atoms with Gasteiger partial charge in [-0.3, -0.25) is 0 Å². The summed E-state index contributed by atoms with van der Waals surface area (Å²) in [5, 5.41) is 7.49. The van der Waals surface area contributed by atoms with Crippen LogP contribution in [0.4, 0.5) is 5.95 Å². The fraction of sp³-hybridized carbons (Fsp3) is 0.429. The van der Waals surface area contributed by atoms with Crippen molar-refractivity contribution in [1.82, 2.24) is 9.97 Å². The summed E-state index contributed by atoms with van der Waals surface area (Å²) in [6.07, 6.45) is 0.108. The molecule has 0 saturated heterocycles. The predicted octanol–water partition coefficient (Wildman–Crippen LogP) is 3.81. The fourth-order valence-corrected chi connectivity index (χ4v) is 2.46. The summed E-state index contributed by atoms with van der Waals surface area (Å²) in [5.74, 6) is 1.22. The zero-order valence-corrected chi connectivity index (χ0v) is 12.5.